The van der Waals surface area contributed by atoms with Gasteiger partial charge < -0.3 is 28.9 Å². The second-order valence-corrected chi connectivity index (χ2v) is 15.1. The van der Waals surface area contributed by atoms with Crippen LogP contribution in [0.1, 0.15) is 72.9 Å². The number of aromatic nitrogens is 2. The molecule has 0 radical (unpaired) electrons. The summed E-state index contributed by atoms with van der Waals surface area (Å²) in [5.74, 6) is 1.65. The van der Waals surface area contributed by atoms with Crippen molar-refractivity contribution in [3.63, 3.8) is 0 Å². The smallest absolute Gasteiger partial charge is 0.410 e. The molecule has 2 aliphatic heterocycles. The van der Waals surface area contributed by atoms with Crippen molar-refractivity contribution in [2.75, 3.05) is 37.6 Å². The first-order valence-corrected chi connectivity index (χ1v) is 18.3. The molecule has 1 saturated heterocycles. The number of piperazine rings is 1. The van der Waals surface area contributed by atoms with E-state index in [9.17, 15) is 9.59 Å². The number of aryl methyl sites for hydroxylation is 2. The Morgan fingerprint density at radius 3 is 2.37 bits per heavy atom. The fourth-order valence-corrected chi connectivity index (χ4v) is 6.94. The number of hydrogen-bond donors (Lipinski definition) is 0. The lowest BCUT2D eigenvalue weighted by Crippen LogP contribution is -2.50. The van der Waals surface area contributed by atoms with Crippen LogP contribution in [0.15, 0.2) is 60.8 Å². The van der Waals surface area contributed by atoms with Crippen molar-refractivity contribution in [1.29, 1.82) is 0 Å². The monoisotopic (exact) mass is 725 g/mol. The zero-order valence-corrected chi connectivity index (χ0v) is 31.9. The number of pyridine rings is 2. The molecule has 2 aromatic heterocycles. The number of carbonyl (C=O) groups is 2. The SMILES string of the molecule is Cc1cc(C)c(CN2CCc3c(-c4ccc(N5CCN(C(=O)OC(C)(C)C)CC5)nc4)cc(OC(C)C)c(Cl)c3C2=O)c(OCc2ccccc2)n1. The molecule has 2 aromatic carbocycles. The molecule has 1 fully saturated rings. The largest absolute Gasteiger partial charge is 0.489 e. The van der Waals surface area contributed by atoms with Crippen molar-refractivity contribution < 1.29 is 23.8 Å². The van der Waals surface area contributed by atoms with Crippen LogP contribution in [0.5, 0.6) is 11.6 Å². The number of nitrogens with zero attached hydrogens (tertiary/aromatic N) is 5. The van der Waals surface area contributed by atoms with Crippen LogP contribution >= 0.6 is 11.6 Å². The van der Waals surface area contributed by atoms with Gasteiger partial charge in [-0.1, -0.05) is 41.9 Å². The van der Waals surface area contributed by atoms with Gasteiger partial charge in [-0.05, 0) is 101 Å². The van der Waals surface area contributed by atoms with E-state index in [0.717, 1.165) is 44.9 Å². The molecular formula is C41H48ClN5O5. The van der Waals surface area contributed by atoms with Gasteiger partial charge in [0.2, 0.25) is 5.88 Å². The average Bonchev–Trinajstić information content (AvgIpc) is 3.10. The molecule has 10 nitrogen and oxygen atoms in total. The molecule has 0 saturated carbocycles. The zero-order chi connectivity index (χ0) is 37.2. The summed E-state index contributed by atoms with van der Waals surface area (Å²) in [6, 6.07) is 17.9. The third-order valence-electron chi connectivity index (χ3n) is 9.15. The second-order valence-electron chi connectivity index (χ2n) is 14.7. The number of rotatable bonds is 9. The predicted molar refractivity (Wildman–Crippen MR) is 203 cm³/mol. The van der Waals surface area contributed by atoms with Crippen LogP contribution < -0.4 is 14.4 Å². The van der Waals surface area contributed by atoms with E-state index in [1.165, 1.54) is 0 Å². The van der Waals surface area contributed by atoms with Crippen molar-refractivity contribution >= 4 is 29.4 Å². The Balaban J connectivity index is 1.24. The fraction of sp³-hybridized carbons (Fsp3) is 0.415. The lowest BCUT2D eigenvalue weighted by molar-refractivity contribution is 0.0240. The van der Waals surface area contributed by atoms with Crippen LogP contribution in [0, 0.1) is 13.8 Å². The summed E-state index contributed by atoms with van der Waals surface area (Å²) in [5.41, 5.74) is 6.31. The molecule has 0 unspecified atom stereocenters. The molecule has 2 amide bonds. The molecule has 11 heteroatoms. The number of anilines is 1. The predicted octanol–water partition coefficient (Wildman–Crippen LogP) is 8.04. The molecule has 52 heavy (non-hydrogen) atoms. The highest BCUT2D eigenvalue weighted by Crippen LogP contribution is 2.42. The minimum atomic E-state index is -0.534. The van der Waals surface area contributed by atoms with Crippen LogP contribution in [0.2, 0.25) is 5.02 Å². The number of amides is 2. The summed E-state index contributed by atoms with van der Waals surface area (Å²) in [6.45, 7) is 17.1. The standard InChI is InChI=1S/C41H48ClN5O5/c1-26(2)51-34-22-32(30-13-14-35(43-23-30)45-17-19-46(20-18-45)40(49)52-41(5,6)7)31-15-16-47(39(48)36(31)37(34)42)24-33-27(3)21-28(4)44-38(33)50-25-29-11-9-8-10-12-29/h8-14,21-23,26H,15-20,24-25H2,1-7H3. The Morgan fingerprint density at radius 1 is 0.981 bits per heavy atom. The first kappa shape index (κ1) is 36.9. The number of benzene rings is 2. The van der Waals surface area contributed by atoms with E-state index in [0.29, 0.717) is 74.5 Å². The van der Waals surface area contributed by atoms with Crippen molar-refractivity contribution in [3.8, 4) is 22.8 Å². The number of ether oxygens (including phenoxy) is 3. The normalized spacial score (nSPS) is 14.8. The maximum absolute atomic E-state index is 14.4. The highest BCUT2D eigenvalue weighted by Gasteiger charge is 2.33. The summed E-state index contributed by atoms with van der Waals surface area (Å²) < 4.78 is 18.0. The van der Waals surface area contributed by atoms with Crippen LogP contribution in [0.3, 0.4) is 0 Å². The molecule has 4 aromatic rings. The number of carbonyl (C=O) groups excluding carboxylic acids is 2. The van der Waals surface area contributed by atoms with Gasteiger partial charge in [-0.2, -0.15) is 0 Å². The van der Waals surface area contributed by atoms with E-state index in [1.807, 2.05) is 114 Å². The molecule has 0 bridgehead atoms. The first-order chi connectivity index (χ1) is 24.8. The fourth-order valence-electron chi connectivity index (χ4n) is 6.64. The third-order valence-corrected chi connectivity index (χ3v) is 9.53. The summed E-state index contributed by atoms with van der Waals surface area (Å²) in [7, 11) is 0. The Morgan fingerprint density at radius 2 is 1.71 bits per heavy atom. The summed E-state index contributed by atoms with van der Waals surface area (Å²) >= 11 is 7.02. The quantitative estimate of drug-likeness (QED) is 0.171. The maximum Gasteiger partial charge on any atom is 0.410 e. The van der Waals surface area contributed by atoms with E-state index in [-0.39, 0.29) is 18.1 Å². The van der Waals surface area contributed by atoms with Gasteiger partial charge in [-0.15, -0.1) is 0 Å². The van der Waals surface area contributed by atoms with Crippen LogP contribution in [0.25, 0.3) is 11.1 Å². The summed E-state index contributed by atoms with van der Waals surface area (Å²) in [4.78, 5) is 42.2. The Kier molecular flexibility index (Phi) is 11.0. The van der Waals surface area contributed by atoms with Gasteiger partial charge in [0.25, 0.3) is 5.91 Å². The van der Waals surface area contributed by atoms with Crippen LogP contribution in [-0.2, 0) is 24.3 Å². The summed E-state index contributed by atoms with van der Waals surface area (Å²) in [5, 5.41) is 0.314. The van der Waals surface area contributed by atoms with Crippen molar-refractivity contribution in [2.24, 2.45) is 0 Å². The van der Waals surface area contributed by atoms with Gasteiger partial charge in [0.15, 0.2) is 0 Å². The van der Waals surface area contributed by atoms with E-state index < -0.39 is 5.60 Å². The average molecular weight is 726 g/mol. The molecule has 274 valence electrons. The molecule has 0 N–H and O–H groups in total. The Bertz CT molecular complexity index is 1920. The third kappa shape index (κ3) is 8.44. The molecular weight excluding hydrogens is 678 g/mol. The van der Waals surface area contributed by atoms with Crippen molar-refractivity contribution in [2.45, 2.75) is 79.7 Å². The van der Waals surface area contributed by atoms with E-state index in [1.54, 1.807) is 4.90 Å². The Hall–Kier alpha value is -4.83. The Labute approximate surface area is 311 Å². The second kappa shape index (κ2) is 15.4. The molecule has 4 heterocycles. The molecule has 0 aliphatic carbocycles. The van der Waals surface area contributed by atoms with Gasteiger partial charge in [0, 0.05) is 55.7 Å². The molecule has 2 aliphatic rings. The lowest BCUT2D eigenvalue weighted by Gasteiger charge is -2.36. The summed E-state index contributed by atoms with van der Waals surface area (Å²) in [6.07, 6.45) is 2.00. The zero-order valence-electron chi connectivity index (χ0n) is 31.2. The van der Waals surface area contributed by atoms with E-state index in [4.69, 9.17) is 35.8 Å². The van der Waals surface area contributed by atoms with E-state index >= 15 is 0 Å². The highest BCUT2D eigenvalue weighted by atomic mass is 35.5. The minimum absolute atomic E-state index is 0.149. The number of halogens is 1. The van der Waals surface area contributed by atoms with Gasteiger partial charge in [-0.25, -0.2) is 14.8 Å². The minimum Gasteiger partial charge on any atom is -0.489 e. The van der Waals surface area contributed by atoms with Crippen LogP contribution in [-0.4, -0.2) is 76.2 Å². The van der Waals surface area contributed by atoms with Crippen molar-refractivity contribution in [1.82, 2.24) is 19.8 Å². The lowest BCUT2D eigenvalue weighted by atomic mass is 9.90. The van der Waals surface area contributed by atoms with Gasteiger partial charge in [0.05, 0.1) is 23.2 Å². The van der Waals surface area contributed by atoms with E-state index in [2.05, 4.69) is 4.90 Å². The number of hydrogen-bond acceptors (Lipinski definition) is 8. The molecule has 6 rings (SSSR count). The van der Waals surface area contributed by atoms with Gasteiger partial charge in [0.1, 0.15) is 23.8 Å². The number of fused-ring (bicyclic) bond motifs is 1. The van der Waals surface area contributed by atoms with Crippen molar-refractivity contribution in [3.05, 3.63) is 99.3 Å². The van der Waals surface area contributed by atoms with Gasteiger partial charge >= 0.3 is 6.09 Å². The highest BCUT2D eigenvalue weighted by molar-refractivity contribution is 6.36. The molecule has 0 atom stereocenters. The first-order valence-electron chi connectivity index (χ1n) is 17.9. The van der Waals surface area contributed by atoms with Gasteiger partial charge in [-0.3, -0.25) is 4.79 Å². The van der Waals surface area contributed by atoms with Crippen LogP contribution in [0.4, 0.5) is 10.6 Å². The maximum atomic E-state index is 14.4. The topological polar surface area (TPSA) is 97.3 Å². The molecule has 0 spiro atoms.